The molecule has 0 unspecified atom stereocenters. The number of amidine groups is 1. The zero-order valence-corrected chi connectivity index (χ0v) is 9.76. The van der Waals surface area contributed by atoms with E-state index in [0.29, 0.717) is 17.2 Å². The van der Waals surface area contributed by atoms with Crippen LogP contribution in [0.4, 0.5) is 0 Å². The van der Waals surface area contributed by atoms with Crippen molar-refractivity contribution in [2.75, 3.05) is 19.6 Å². The van der Waals surface area contributed by atoms with Gasteiger partial charge in [0.15, 0.2) is 0 Å². The van der Waals surface area contributed by atoms with Gasteiger partial charge < -0.3 is 10.6 Å². The molecule has 3 heteroatoms. The molecule has 1 aliphatic carbocycles. The van der Waals surface area contributed by atoms with Crippen LogP contribution >= 0.6 is 0 Å². The summed E-state index contributed by atoms with van der Waals surface area (Å²) in [4.78, 5) is 2.58. The minimum absolute atomic E-state index is 0.405. The van der Waals surface area contributed by atoms with E-state index < -0.39 is 0 Å². The van der Waals surface area contributed by atoms with Crippen LogP contribution in [0.15, 0.2) is 0 Å². The van der Waals surface area contributed by atoms with Crippen molar-refractivity contribution in [2.45, 2.75) is 39.0 Å². The van der Waals surface area contributed by atoms with Crippen molar-refractivity contribution in [3.05, 3.63) is 0 Å². The maximum absolute atomic E-state index is 7.43. The molecule has 3 N–H and O–H groups in total. The van der Waals surface area contributed by atoms with Gasteiger partial charge in [-0.3, -0.25) is 5.41 Å². The number of likely N-dealkylation sites (tertiary alicyclic amines) is 1. The molecule has 2 rings (SSSR count). The van der Waals surface area contributed by atoms with Crippen LogP contribution in [-0.4, -0.2) is 30.4 Å². The lowest BCUT2D eigenvalue weighted by molar-refractivity contribution is 0.0107. The van der Waals surface area contributed by atoms with Crippen LogP contribution in [0.1, 0.15) is 39.0 Å². The highest BCUT2D eigenvalue weighted by atomic mass is 15.1. The van der Waals surface area contributed by atoms with E-state index in [1.54, 1.807) is 0 Å². The lowest BCUT2D eigenvalue weighted by atomic mass is 9.57. The van der Waals surface area contributed by atoms with Crippen molar-refractivity contribution < 1.29 is 0 Å². The van der Waals surface area contributed by atoms with Crippen molar-refractivity contribution in [3.8, 4) is 0 Å². The summed E-state index contributed by atoms with van der Waals surface area (Å²) in [6, 6.07) is 0. The Morgan fingerprint density at radius 2 is 2.00 bits per heavy atom. The van der Waals surface area contributed by atoms with E-state index in [1.165, 1.54) is 51.7 Å². The summed E-state index contributed by atoms with van der Waals surface area (Å²) in [5, 5.41) is 7.43. The number of nitrogens with one attached hydrogen (secondary N) is 1. The fraction of sp³-hybridized carbons (Fsp3) is 0.917. The molecule has 0 radical (unpaired) electrons. The molecule has 0 amide bonds. The lowest BCUT2D eigenvalue weighted by Crippen LogP contribution is -2.50. The SMILES string of the molecule is CCCN1CCC2(CC1)CC(C(=N)N)C2. The van der Waals surface area contributed by atoms with Crippen LogP contribution < -0.4 is 5.73 Å². The Hall–Kier alpha value is -0.570. The minimum Gasteiger partial charge on any atom is -0.387 e. The molecule has 86 valence electrons. The van der Waals surface area contributed by atoms with Crippen molar-refractivity contribution in [3.63, 3.8) is 0 Å². The lowest BCUT2D eigenvalue weighted by Gasteiger charge is -2.52. The van der Waals surface area contributed by atoms with Gasteiger partial charge in [-0.25, -0.2) is 0 Å². The quantitative estimate of drug-likeness (QED) is 0.550. The van der Waals surface area contributed by atoms with Gasteiger partial charge in [0, 0.05) is 5.92 Å². The van der Waals surface area contributed by atoms with Gasteiger partial charge in [0.1, 0.15) is 0 Å². The van der Waals surface area contributed by atoms with E-state index in [-0.39, 0.29) is 0 Å². The molecule has 2 fully saturated rings. The fourth-order valence-corrected chi connectivity index (χ4v) is 3.18. The van der Waals surface area contributed by atoms with Crippen LogP contribution in [0.5, 0.6) is 0 Å². The monoisotopic (exact) mass is 209 g/mol. The molecule has 0 aromatic rings. The van der Waals surface area contributed by atoms with Gasteiger partial charge in [0.05, 0.1) is 5.84 Å². The summed E-state index contributed by atoms with van der Waals surface area (Å²) in [7, 11) is 0. The Labute approximate surface area is 92.5 Å². The normalized spacial score (nSPS) is 26.5. The third kappa shape index (κ3) is 2.17. The predicted octanol–water partition coefficient (Wildman–Crippen LogP) is 1.82. The van der Waals surface area contributed by atoms with E-state index in [1.807, 2.05) is 0 Å². The Bertz CT molecular complexity index is 233. The first kappa shape index (κ1) is 10.9. The summed E-state index contributed by atoms with van der Waals surface area (Å²) >= 11 is 0. The summed E-state index contributed by atoms with van der Waals surface area (Å²) in [6.07, 6.45) is 6.29. The Morgan fingerprint density at radius 1 is 1.40 bits per heavy atom. The van der Waals surface area contributed by atoms with E-state index in [9.17, 15) is 0 Å². The van der Waals surface area contributed by atoms with Crippen molar-refractivity contribution in [1.82, 2.24) is 4.90 Å². The Morgan fingerprint density at radius 3 is 2.47 bits per heavy atom. The third-order valence-corrected chi connectivity index (χ3v) is 4.26. The first-order valence-corrected chi connectivity index (χ1v) is 6.21. The molecular weight excluding hydrogens is 186 g/mol. The largest absolute Gasteiger partial charge is 0.387 e. The maximum atomic E-state index is 7.43. The minimum atomic E-state index is 0.405. The highest BCUT2D eigenvalue weighted by Gasteiger charge is 2.46. The Balaban J connectivity index is 1.77. The smallest absolute Gasteiger partial charge is 0.0937 e. The highest BCUT2D eigenvalue weighted by molar-refractivity contribution is 5.80. The third-order valence-electron chi connectivity index (χ3n) is 4.26. The Kier molecular flexibility index (Phi) is 3.01. The molecule has 1 saturated carbocycles. The summed E-state index contributed by atoms with van der Waals surface area (Å²) in [6.45, 7) is 6.03. The molecular formula is C12H23N3. The molecule has 0 bridgehead atoms. The zero-order chi connectivity index (χ0) is 10.9. The van der Waals surface area contributed by atoms with Crippen LogP contribution in [-0.2, 0) is 0 Å². The van der Waals surface area contributed by atoms with Crippen LogP contribution in [0.25, 0.3) is 0 Å². The number of nitrogens with zero attached hydrogens (tertiary/aromatic N) is 1. The van der Waals surface area contributed by atoms with Crippen LogP contribution in [0.3, 0.4) is 0 Å². The van der Waals surface area contributed by atoms with Crippen LogP contribution in [0.2, 0.25) is 0 Å². The molecule has 1 saturated heterocycles. The van der Waals surface area contributed by atoms with Gasteiger partial charge in [-0.1, -0.05) is 6.92 Å². The second-order valence-corrected chi connectivity index (χ2v) is 5.40. The van der Waals surface area contributed by atoms with E-state index in [4.69, 9.17) is 11.1 Å². The van der Waals surface area contributed by atoms with Crippen molar-refractivity contribution >= 4 is 5.84 Å². The number of nitrogens with two attached hydrogens (primary N) is 1. The number of piperidine rings is 1. The van der Waals surface area contributed by atoms with Gasteiger partial charge >= 0.3 is 0 Å². The average molecular weight is 209 g/mol. The second-order valence-electron chi connectivity index (χ2n) is 5.40. The van der Waals surface area contributed by atoms with E-state index in [0.717, 1.165) is 0 Å². The standard InChI is InChI=1S/C12H23N3/c1-2-5-15-6-3-12(4-7-15)8-10(9-12)11(13)14/h10H,2-9H2,1H3,(H3,13,14). The molecule has 1 aliphatic heterocycles. The van der Waals surface area contributed by atoms with E-state index in [2.05, 4.69) is 11.8 Å². The second kappa shape index (κ2) is 4.12. The molecule has 1 heterocycles. The average Bonchev–Trinajstić information content (AvgIpc) is 2.16. The van der Waals surface area contributed by atoms with E-state index >= 15 is 0 Å². The molecule has 0 aromatic heterocycles. The molecule has 3 nitrogen and oxygen atoms in total. The zero-order valence-electron chi connectivity index (χ0n) is 9.76. The summed E-state index contributed by atoms with van der Waals surface area (Å²) in [5.74, 6) is 0.819. The van der Waals surface area contributed by atoms with Crippen molar-refractivity contribution in [1.29, 1.82) is 5.41 Å². The van der Waals surface area contributed by atoms with Gasteiger partial charge in [-0.05, 0) is 57.2 Å². The molecule has 0 atom stereocenters. The fourth-order valence-electron chi connectivity index (χ4n) is 3.18. The van der Waals surface area contributed by atoms with Gasteiger partial charge in [0.2, 0.25) is 0 Å². The molecule has 2 aliphatic rings. The topological polar surface area (TPSA) is 53.1 Å². The van der Waals surface area contributed by atoms with Gasteiger partial charge in [-0.2, -0.15) is 0 Å². The van der Waals surface area contributed by atoms with Crippen LogP contribution in [0, 0.1) is 16.7 Å². The predicted molar refractivity (Wildman–Crippen MR) is 63.0 cm³/mol. The molecule has 1 spiro atoms. The molecule has 15 heavy (non-hydrogen) atoms. The summed E-state index contributed by atoms with van der Waals surface area (Å²) in [5.41, 5.74) is 6.11. The maximum Gasteiger partial charge on any atom is 0.0937 e. The number of rotatable bonds is 3. The highest BCUT2D eigenvalue weighted by Crippen LogP contribution is 2.52. The number of hydrogen-bond acceptors (Lipinski definition) is 2. The van der Waals surface area contributed by atoms with Crippen molar-refractivity contribution in [2.24, 2.45) is 17.1 Å². The molecule has 0 aromatic carbocycles. The van der Waals surface area contributed by atoms with Gasteiger partial charge in [-0.15, -0.1) is 0 Å². The van der Waals surface area contributed by atoms with Gasteiger partial charge in [0.25, 0.3) is 0 Å². The first-order valence-electron chi connectivity index (χ1n) is 6.21. The number of hydrogen-bond donors (Lipinski definition) is 2. The first-order chi connectivity index (χ1) is 7.15. The summed E-state index contributed by atoms with van der Waals surface area (Å²) < 4.78 is 0.